The van der Waals surface area contributed by atoms with Gasteiger partial charge in [0.15, 0.2) is 0 Å². The first kappa shape index (κ1) is 14.7. The minimum Gasteiger partial charge on any atom is -0.462 e. The predicted octanol–water partition coefficient (Wildman–Crippen LogP) is 3.55. The first-order valence-corrected chi connectivity index (χ1v) is 6.41. The maximum atomic E-state index is 12.2. The fourth-order valence-electron chi connectivity index (χ4n) is 1.82. The van der Waals surface area contributed by atoms with Crippen LogP contribution in [0.3, 0.4) is 0 Å². The number of hydrogen-bond acceptors (Lipinski definition) is 3. The zero-order valence-corrected chi connectivity index (χ0v) is 11.9. The van der Waals surface area contributed by atoms with E-state index >= 15 is 0 Å². The Labute approximate surface area is 110 Å². The molecule has 0 fully saturated rings. The van der Waals surface area contributed by atoms with Crippen molar-refractivity contribution in [2.75, 3.05) is 0 Å². The zero-order valence-electron chi connectivity index (χ0n) is 11.9. The van der Waals surface area contributed by atoms with Crippen LogP contribution in [0.4, 0.5) is 0 Å². The molecule has 3 heteroatoms. The zero-order chi connectivity index (χ0) is 13.8. The summed E-state index contributed by atoms with van der Waals surface area (Å²) in [5, 5.41) is 0. The summed E-state index contributed by atoms with van der Waals surface area (Å²) in [4.78, 5) is 16.5. The van der Waals surface area contributed by atoms with Gasteiger partial charge in [0.25, 0.3) is 0 Å². The van der Waals surface area contributed by atoms with Gasteiger partial charge in [0.05, 0.1) is 17.7 Å². The van der Waals surface area contributed by atoms with Gasteiger partial charge in [0, 0.05) is 6.20 Å². The van der Waals surface area contributed by atoms with E-state index in [1.807, 2.05) is 32.0 Å². The summed E-state index contributed by atoms with van der Waals surface area (Å²) in [6, 6.07) is 5.64. The van der Waals surface area contributed by atoms with Crippen molar-refractivity contribution in [3.05, 3.63) is 30.1 Å². The van der Waals surface area contributed by atoms with E-state index in [2.05, 4.69) is 25.8 Å². The molecule has 3 nitrogen and oxygen atoms in total. The molecule has 0 aliphatic heterocycles. The van der Waals surface area contributed by atoms with Crippen molar-refractivity contribution in [3.63, 3.8) is 0 Å². The minimum absolute atomic E-state index is 0.0538. The molecular formula is C15H23NO2. The normalized spacial score (nSPS) is 13.4. The van der Waals surface area contributed by atoms with Gasteiger partial charge in [-0.15, -0.1) is 0 Å². The summed E-state index contributed by atoms with van der Waals surface area (Å²) < 4.78 is 5.33. The summed E-state index contributed by atoms with van der Waals surface area (Å²) in [5.41, 5.74) is 0.844. The smallest absolute Gasteiger partial charge is 0.315 e. The molecule has 1 rings (SSSR count). The van der Waals surface area contributed by atoms with Crippen LogP contribution in [-0.2, 0) is 9.53 Å². The highest BCUT2D eigenvalue weighted by atomic mass is 16.5. The number of ether oxygens (including phenoxy) is 1. The Balaban J connectivity index is 2.92. The topological polar surface area (TPSA) is 39.2 Å². The summed E-state index contributed by atoms with van der Waals surface area (Å²) in [5.74, 6) is -0.466. The van der Waals surface area contributed by atoms with Crippen LogP contribution in [0.25, 0.3) is 0 Å². The van der Waals surface area contributed by atoms with Gasteiger partial charge in [-0.1, -0.05) is 26.8 Å². The number of pyridine rings is 1. The van der Waals surface area contributed by atoms with Gasteiger partial charge in [-0.25, -0.2) is 0 Å². The highest BCUT2D eigenvalue weighted by Gasteiger charge is 2.29. The fraction of sp³-hybridized carbons (Fsp3) is 0.600. The predicted molar refractivity (Wildman–Crippen MR) is 72.3 cm³/mol. The van der Waals surface area contributed by atoms with Crippen molar-refractivity contribution in [3.8, 4) is 0 Å². The van der Waals surface area contributed by atoms with Crippen LogP contribution in [0.1, 0.15) is 52.7 Å². The van der Waals surface area contributed by atoms with Crippen LogP contribution in [-0.4, -0.2) is 17.1 Å². The molecule has 1 heterocycles. The van der Waals surface area contributed by atoms with Crippen LogP contribution >= 0.6 is 0 Å². The largest absolute Gasteiger partial charge is 0.462 e. The number of aromatic nitrogens is 1. The standard InChI is InChI=1S/C15H23NO2/c1-11(2)18-14(17)12(10-15(3,4)5)13-8-6-7-9-16-13/h6-9,11-12H,10H2,1-5H3. The van der Waals surface area contributed by atoms with E-state index in [0.29, 0.717) is 0 Å². The molecule has 0 saturated heterocycles. The van der Waals surface area contributed by atoms with Crippen LogP contribution in [0.15, 0.2) is 24.4 Å². The van der Waals surface area contributed by atoms with Gasteiger partial charge in [0.1, 0.15) is 0 Å². The lowest BCUT2D eigenvalue weighted by molar-refractivity contribution is -0.150. The average Bonchev–Trinajstić information content (AvgIpc) is 2.25. The molecule has 1 aromatic heterocycles. The Bertz CT molecular complexity index is 379. The Kier molecular flexibility index (Phi) is 4.88. The molecule has 0 aliphatic carbocycles. The molecule has 0 radical (unpaired) electrons. The van der Waals surface area contributed by atoms with E-state index in [1.54, 1.807) is 6.20 Å². The van der Waals surface area contributed by atoms with Crippen molar-refractivity contribution in [2.24, 2.45) is 5.41 Å². The van der Waals surface area contributed by atoms with Crippen LogP contribution in [0, 0.1) is 5.41 Å². The Hall–Kier alpha value is -1.38. The van der Waals surface area contributed by atoms with Crippen LogP contribution in [0.2, 0.25) is 0 Å². The molecule has 0 amide bonds. The first-order chi connectivity index (χ1) is 8.29. The van der Waals surface area contributed by atoms with E-state index in [9.17, 15) is 4.79 Å². The number of esters is 1. The molecule has 0 aliphatic rings. The Morgan fingerprint density at radius 1 is 1.33 bits per heavy atom. The molecule has 1 unspecified atom stereocenters. The lowest BCUT2D eigenvalue weighted by Gasteiger charge is -2.25. The minimum atomic E-state index is -0.284. The van der Waals surface area contributed by atoms with Crippen molar-refractivity contribution >= 4 is 5.97 Å². The van der Waals surface area contributed by atoms with Crippen LogP contribution in [0.5, 0.6) is 0 Å². The third kappa shape index (κ3) is 4.86. The third-order valence-electron chi connectivity index (χ3n) is 2.50. The maximum Gasteiger partial charge on any atom is 0.315 e. The molecule has 1 atom stereocenters. The van der Waals surface area contributed by atoms with Crippen molar-refractivity contribution in [1.29, 1.82) is 0 Å². The van der Waals surface area contributed by atoms with Gasteiger partial charge in [-0.2, -0.15) is 0 Å². The van der Waals surface area contributed by atoms with Crippen molar-refractivity contribution in [1.82, 2.24) is 4.98 Å². The molecule has 18 heavy (non-hydrogen) atoms. The molecule has 0 saturated carbocycles. The summed E-state index contributed by atoms with van der Waals surface area (Å²) in [6.45, 7) is 10.1. The van der Waals surface area contributed by atoms with E-state index in [1.165, 1.54) is 0 Å². The number of rotatable bonds is 4. The number of nitrogens with zero attached hydrogens (tertiary/aromatic N) is 1. The molecule has 1 aromatic rings. The van der Waals surface area contributed by atoms with Crippen LogP contribution < -0.4 is 0 Å². The molecule has 0 bridgehead atoms. The summed E-state index contributed by atoms with van der Waals surface area (Å²) in [7, 11) is 0. The van der Waals surface area contributed by atoms with E-state index in [-0.39, 0.29) is 23.4 Å². The first-order valence-electron chi connectivity index (χ1n) is 6.41. The molecular weight excluding hydrogens is 226 g/mol. The fourth-order valence-corrected chi connectivity index (χ4v) is 1.82. The Morgan fingerprint density at radius 3 is 2.44 bits per heavy atom. The summed E-state index contributed by atoms with van der Waals surface area (Å²) in [6.07, 6.45) is 2.35. The SMILES string of the molecule is CC(C)OC(=O)C(CC(C)(C)C)c1ccccn1. The van der Waals surface area contributed by atoms with Gasteiger partial charge >= 0.3 is 5.97 Å². The number of hydrogen-bond donors (Lipinski definition) is 0. The van der Waals surface area contributed by atoms with E-state index in [0.717, 1.165) is 12.1 Å². The monoisotopic (exact) mass is 249 g/mol. The lowest BCUT2D eigenvalue weighted by Crippen LogP contribution is -2.24. The average molecular weight is 249 g/mol. The van der Waals surface area contributed by atoms with Gasteiger partial charge in [0.2, 0.25) is 0 Å². The second-order valence-corrected chi connectivity index (χ2v) is 6.06. The molecule has 0 aromatic carbocycles. The Morgan fingerprint density at radius 2 is 2.00 bits per heavy atom. The highest BCUT2D eigenvalue weighted by Crippen LogP contribution is 2.31. The maximum absolute atomic E-state index is 12.2. The van der Waals surface area contributed by atoms with Gasteiger partial charge < -0.3 is 4.74 Å². The van der Waals surface area contributed by atoms with E-state index < -0.39 is 0 Å². The highest BCUT2D eigenvalue weighted by molar-refractivity contribution is 5.77. The van der Waals surface area contributed by atoms with Crippen molar-refractivity contribution in [2.45, 2.75) is 53.1 Å². The number of carbonyl (C=O) groups excluding carboxylic acids is 1. The second kappa shape index (κ2) is 5.98. The second-order valence-electron chi connectivity index (χ2n) is 6.06. The summed E-state index contributed by atoms with van der Waals surface area (Å²) >= 11 is 0. The van der Waals surface area contributed by atoms with Gasteiger partial charge in [-0.3, -0.25) is 9.78 Å². The number of carbonyl (C=O) groups is 1. The van der Waals surface area contributed by atoms with Gasteiger partial charge in [-0.05, 0) is 37.8 Å². The molecule has 100 valence electrons. The molecule has 0 spiro atoms. The van der Waals surface area contributed by atoms with Crippen molar-refractivity contribution < 1.29 is 9.53 Å². The lowest BCUT2D eigenvalue weighted by atomic mass is 9.83. The third-order valence-corrected chi connectivity index (χ3v) is 2.50. The van der Waals surface area contributed by atoms with E-state index in [4.69, 9.17) is 4.74 Å². The molecule has 0 N–H and O–H groups in total. The quantitative estimate of drug-likeness (QED) is 0.766.